The van der Waals surface area contributed by atoms with Gasteiger partial charge in [-0.2, -0.15) is 0 Å². The van der Waals surface area contributed by atoms with Crippen molar-refractivity contribution in [2.24, 2.45) is 0 Å². The van der Waals surface area contributed by atoms with Gasteiger partial charge in [0, 0.05) is 44.8 Å². The van der Waals surface area contributed by atoms with Crippen molar-refractivity contribution in [3.63, 3.8) is 0 Å². The van der Waals surface area contributed by atoms with E-state index in [1.54, 1.807) is 23.5 Å². The minimum Gasteiger partial charge on any atom is -0.324 e. The molecule has 0 saturated heterocycles. The number of carbonyl (C=O) groups excluding carboxylic acids is 1. The van der Waals surface area contributed by atoms with Gasteiger partial charge in [-0.3, -0.25) is 4.79 Å². The quantitative estimate of drug-likeness (QED) is 0.263. The Kier molecular flexibility index (Phi) is 6.56. The largest absolute Gasteiger partial charge is 0.324 e. The Morgan fingerprint density at radius 2 is 1.53 bits per heavy atom. The van der Waals surface area contributed by atoms with Gasteiger partial charge in [-0.15, -0.1) is 11.3 Å². The Bertz CT molecular complexity index is 1520. The van der Waals surface area contributed by atoms with Crippen LogP contribution in [0.25, 0.3) is 21.8 Å². The first-order chi connectivity index (χ1) is 17.4. The highest BCUT2D eigenvalue weighted by molar-refractivity contribution is 7.13. The number of hydrogen-bond acceptors (Lipinski definition) is 6. The molecule has 0 aliphatic rings. The molecule has 0 atom stereocenters. The maximum atomic E-state index is 12.9. The Labute approximate surface area is 214 Å². The van der Waals surface area contributed by atoms with Crippen LogP contribution in [0.15, 0.2) is 84.2 Å². The molecule has 0 bridgehead atoms. The molecule has 0 aliphatic heterocycles. The predicted octanol–water partition coefficient (Wildman–Crippen LogP) is 7.19. The molecule has 3 aromatic carbocycles. The normalized spacial score (nSPS) is 10.8. The lowest BCUT2D eigenvalue weighted by Gasteiger charge is -2.09. The van der Waals surface area contributed by atoms with Gasteiger partial charge in [-0.05, 0) is 62.7 Å². The third kappa shape index (κ3) is 5.31. The van der Waals surface area contributed by atoms with Crippen LogP contribution in [0.5, 0.6) is 0 Å². The van der Waals surface area contributed by atoms with Crippen LogP contribution >= 0.6 is 11.3 Å². The lowest BCUT2D eigenvalue weighted by atomic mass is 10.1. The summed E-state index contributed by atoms with van der Waals surface area (Å²) >= 11 is 1.63. The van der Waals surface area contributed by atoms with E-state index in [4.69, 9.17) is 4.98 Å². The van der Waals surface area contributed by atoms with E-state index in [1.165, 1.54) is 5.56 Å². The highest BCUT2D eigenvalue weighted by Crippen LogP contribution is 2.31. The van der Waals surface area contributed by atoms with Crippen molar-refractivity contribution in [3.8, 4) is 21.8 Å². The number of carbonyl (C=O) groups is 1. The van der Waals surface area contributed by atoms with Crippen LogP contribution in [0, 0.1) is 20.8 Å². The lowest BCUT2D eigenvalue weighted by molar-refractivity contribution is 0.102. The summed E-state index contributed by atoms with van der Waals surface area (Å²) in [6, 6.07) is 25.2. The number of anilines is 3. The average Bonchev–Trinajstić information content (AvgIpc) is 3.34. The third-order valence-electron chi connectivity index (χ3n) is 5.68. The van der Waals surface area contributed by atoms with Crippen molar-refractivity contribution in [2.75, 3.05) is 10.6 Å². The van der Waals surface area contributed by atoms with Crippen LogP contribution in [0.3, 0.4) is 0 Å². The summed E-state index contributed by atoms with van der Waals surface area (Å²) in [6.45, 7) is 5.94. The summed E-state index contributed by atoms with van der Waals surface area (Å²) in [6.07, 6.45) is 0. The van der Waals surface area contributed by atoms with Crippen LogP contribution in [0.2, 0.25) is 0 Å². The second kappa shape index (κ2) is 10.1. The first-order valence-corrected chi connectivity index (χ1v) is 12.5. The fourth-order valence-corrected chi connectivity index (χ4v) is 4.84. The molecule has 7 heteroatoms. The number of aryl methyl sites for hydroxylation is 3. The molecule has 0 radical (unpaired) electrons. The van der Waals surface area contributed by atoms with Gasteiger partial charge in [0.05, 0.1) is 5.69 Å². The zero-order valence-electron chi connectivity index (χ0n) is 20.2. The summed E-state index contributed by atoms with van der Waals surface area (Å²) in [5, 5.41) is 9.21. The SMILES string of the molecule is Cc1cc(C)nc(Nc2cccc(C(=O)Nc3ccc(-c4csc(-c5ccccc5C)n4)cc3)c2)n1. The van der Waals surface area contributed by atoms with Gasteiger partial charge >= 0.3 is 0 Å². The molecule has 0 fully saturated rings. The molecule has 36 heavy (non-hydrogen) atoms. The van der Waals surface area contributed by atoms with Crippen LogP contribution in [0.1, 0.15) is 27.3 Å². The number of nitrogens with zero attached hydrogens (tertiary/aromatic N) is 3. The second-order valence-corrected chi connectivity index (χ2v) is 9.42. The van der Waals surface area contributed by atoms with Gasteiger partial charge in [-0.1, -0.05) is 42.5 Å². The third-order valence-corrected chi connectivity index (χ3v) is 6.56. The molecule has 5 rings (SSSR count). The number of nitrogens with one attached hydrogen (secondary N) is 2. The average molecular weight is 492 g/mol. The van der Waals surface area contributed by atoms with E-state index in [0.29, 0.717) is 17.2 Å². The van der Waals surface area contributed by atoms with Crippen LogP contribution < -0.4 is 10.6 Å². The van der Waals surface area contributed by atoms with E-state index >= 15 is 0 Å². The molecule has 178 valence electrons. The van der Waals surface area contributed by atoms with Crippen LogP contribution in [-0.4, -0.2) is 20.9 Å². The van der Waals surface area contributed by atoms with Crippen molar-refractivity contribution >= 4 is 34.6 Å². The summed E-state index contributed by atoms with van der Waals surface area (Å²) < 4.78 is 0. The molecule has 0 aliphatic carbocycles. The number of hydrogen-bond donors (Lipinski definition) is 2. The minimum absolute atomic E-state index is 0.191. The zero-order chi connectivity index (χ0) is 25.1. The van der Waals surface area contributed by atoms with E-state index < -0.39 is 0 Å². The van der Waals surface area contributed by atoms with Crippen molar-refractivity contribution < 1.29 is 4.79 Å². The number of benzene rings is 3. The predicted molar refractivity (Wildman–Crippen MR) is 147 cm³/mol. The standard InChI is InChI=1S/C29H25N5OS/c1-18-7-4-5-10-25(18)28-34-26(17-36-28)21-11-13-23(14-12-21)32-27(35)22-8-6-9-24(16-22)33-29-30-19(2)15-20(3)31-29/h4-17H,1-3H3,(H,32,35)(H,30,31,33). The number of aromatic nitrogens is 3. The molecule has 5 aromatic rings. The van der Waals surface area contributed by atoms with E-state index in [0.717, 1.165) is 38.9 Å². The van der Waals surface area contributed by atoms with Gasteiger partial charge in [0.25, 0.3) is 5.91 Å². The van der Waals surface area contributed by atoms with E-state index in [9.17, 15) is 4.79 Å². The molecule has 0 spiro atoms. The molecule has 0 unspecified atom stereocenters. The maximum absolute atomic E-state index is 12.9. The molecule has 6 nitrogen and oxygen atoms in total. The smallest absolute Gasteiger partial charge is 0.255 e. The Morgan fingerprint density at radius 3 is 2.28 bits per heavy atom. The molecule has 1 amide bonds. The van der Waals surface area contributed by atoms with Crippen molar-refractivity contribution in [2.45, 2.75) is 20.8 Å². The maximum Gasteiger partial charge on any atom is 0.255 e. The highest BCUT2D eigenvalue weighted by atomic mass is 32.1. The van der Waals surface area contributed by atoms with E-state index in [-0.39, 0.29) is 5.91 Å². The first-order valence-electron chi connectivity index (χ1n) is 11.6. The fraction of sp³-hybridized carbons (Fsp3) is 0.103. The molecular weight excluding hydrogens is 466 g/mol. The van der Waals surface area contributed by atoms with E-state index in [1.807, 2.05) is 68.4 Å². The van der Waals surface area contributed by atoms with Crippen molar-refractivity contribution in [1.82, 2.24) is 15.0 Å². The second-order valence-electron chi connectivity index (χ2n) is 8.56. The minimum atomic E-state index is -0.191. The van der Waals surface area contributed by atoms with Gasteiger partial charge in [-0.25, -0.2) is 15.0 Å². The summed E-state index contributed by atoms with van der Waals surface area (Å²) in [5.74, 6) is 0.316. The van der Waals surface area contributed by atoms with Crippen LogP contribution in [-0.2, 0) is 0 Å². The topological polar surface area (TPSA) is 79.8 Å². The first kappa shape index (κ1) is 23.4. The molecule has 2 N–H and O–H groups in total. The molecular formula is C29H25N5OS. The number of rotatable bonds is 6. The zero-order valence-corrected chi connectivity index (χ0v) is 21.1. The highest BCUT2D eigenvalue weighted by Gasteiger charge is 2.11. The molecule has 2 aromatic heterocycles. The van der Waals surface area contributed by atoms with Gasteiger partial charge in [0.15, 0.2) is 0 Å². The van der Waals surface area contributed by atoms with E-state index in [2.05, 4.69) is 45.0 Å². The Balaban J connectivity index is 1.27. The van der Waals surface area contributed by atoms with Crippen molar-refractivity contribution in [3.05, 3.63) is 107 Å². The Hall–Kier alpha value is -4.36. The van der Waals surface area contributed by atoms with Gasteiger partial charge < -0.3 is 10.6 Å². The lowest BCUT2D eigenvalue weighted by Crippen LogP contribution is -2.12. The number of thiazole rings is 1. The van der Waals surface area contributed by atoms with Gasteiger partial charge in [0.1, 0.15) is 5.01 Å². The fourth-order valence-electron chi connectivity index (χ4n) is 3.92. The molecule has 2 heterocycles. The summed E-state index contributed by atoms with van der Waals surface area (Å²) in [5.41, 5.74) is 8.04. The Morgan fingerprint density at radius 1 is 0.778 bits per heavy atom. The number of amides is 1. The van der Waals surface area contributed by atoms with Crippen molar-refractivity contribution in [1.29, 1.82) is 0 Å². The summed E-state index contributed by atoms with van der Waals surface area (Å²) in [7, 11) is 0. The van der Waals surface area contributed by atoms with Crippen LogP contribution in [0.4, 0.5) is 17.3 Å². The monoisotopic (exact) mass is 491 g/mol. The van der Waals surface area contributed by atoms with Gasteiger partial charge in [0.2, 0.25) is 5.95 Å². The molecule has 0 saturated carbocycles. The summed E-state index contributed by atoms with van der Waals surface area (Å²) in [4.78, 5) is 26.5.